The van der Waals surface area contributed by atoms with Crippen LogP contribution in [-0.4, -0.2) is 12.0 Å². The van der Waals surface area contributed by atoms with Gasteiger partial charge in [-0.3, -0.25) is 0 Å². The number of hydrogen-bond acceptors (Lipinski definition) is 2. The van der Waals surface area contributed by atoms with Crippen LogP contribution >= 0.6 is 0 Å². The maximum atomic E-state index is 14.0. The first-order chi connectivity index (χ1) is 13.0. The molecule has 27 heavy (non-hydrogen) atoms. The van der Waals surface area contributed by atoms with Crippen molar-refractivity contribution in [3.05, 3.63) is 95.3 Å². The number of benzene rings is 3. The van der Waals surface area contributed by atoms with Gasteiger partial charge in [0.05, 0.1) is 0 Å². The van der Waals surface area contributed by atoms with Gasteiger partial charge in [-0.05, 0) is 36.2 Å². The van der Waals surface area contributed by atoms with Crippen molar-refractivity contribution in [3.63, 3.8) is 0 Å². The molecule has 0 bridgehead atoms. The lowest BCUT2D eigenvalue weighted by Gasteiger charge is -2.14. The molecule has 3 aromatic carbocycles. The van der Waals surface area contributed by atoms with E-state index in [4.69, 9.17) is 4.74 Å². The molecule has 2 nitrogen and oxygen atoms in total. The Labute approximate surface area is 155 Å². The quantitative estimate of drug-likeness (QED) is 0.584. The van der Waals surface area contributed by atoms with E-state index in [1.54, 1.807) is 37.3 Å². The SMILES string of the molecule is CC1OC(c2c(F)cccc2F)=NC1c1ccc(-c2ccccc2F)cc1. The van der Waals surface area contributed by atoms with Crippen molar-refractivity contribution in [2.24, 2.45) is 4.99 Å². The van der Waals surface area contributed by atoms with E-state index in [1.165, 1.54) is 24.3 Å². The first-order valence-electron chi connectivity index (χ1n) is 8.58. The first kappa shape index (κ1) is 17.3. The third-order valence-corrected chi connectivity index (χ3v) is 4.61. The van der Waals surface area contributed by atoms with Crippen molar-refractivity contribution in [2.45, 2.75) is 19.1 Å². The third kappa shape index (κ3) is 3.21. The molecule has 1 aliphatic heterocycles. The molecule has 0 saturated carbocycles. The van der Waals surface area contributed by atoms with E-state index < -0.39 is 17.7 Å². The van der Waals surface area contributed by atoms with Crippen LogP contribution in [0.3, 0.4) is 0 Å². The normalized spacial score (nSPS) is 18.9. The van der Waals surface area contributed by atoms with Crippen molar-refractivity contribution in [2.75, 3.05) is 0 Å². The lowest BCUT2D eigenvalue weighted by molar-refractivity contribution is 0.213. The molecule has 0 aliphatic carbocycles. The largest absolute Gasteiger partial charge is 0.472 e. The zero-order valence-electron chi connectivity index (χ0n) is 14.5. The summed E-state index contributed by atoms with van der Waals surface area (Å²) in [6.07, 6.45) is -0.377. The van der Waals surface area contributed by atoms with E-state index in [2.05, 4.69) is 4.99 Å². The van der Waals surface area contributed by atoms with Crippen molar-refractivity contribution in [1.29, 1.82) is 0 Å². The number of aliphatic imine (C=N–C) groups is 1. The van der Waals surface area contributed by atoms with Crippen molar-refractivity contribution in [1.82, 2.24) is 0 Å². The molecule has 1 heterocycles. The van der Waals surface area contributed by atoms with Crippen LogP contribution in [-0.2, 0) is 4.74 Å². The molecule has 0 saturated heterocycles. The topological polar surface area (TPSA) is 21.6 Å². The Bertz CT molecular complexity index is 994. The summed E-state index contributed by atoms with van der Waals surface area (Å²) in [5, 5.41) is 0. The number of hydrogen-bond donors (Lipinski definition) is 0. The van der Waals surface area contributed by atoms with Gasteiger partial charge in [-0.15, -0.1) is 0 Å². The van der Waals surface area contributed by atoms with Crippen LogP contribution in [0.1, 0.15) is 24.1 Å². The van der Waals surface area contributed by atoms with E-state index in [0.29, 0.717) is 5.56 Å². The number of rotatable bonds is 3. The van der Waals surface area contributed by atoms with E-state index in [1.807, 2.05) is 12.1 Å². The molecule has 0 aromatic heterocycles. The van der Waals surface area contributed by atoms with E-state index >= 15 is 0 Å². The van der Waals surface area contributed by atoms with Crippen LogP contribution < -0.4 is 0 Å². The van der Waals surface area contributed by atoms with Gasteiger partial charge in [-0.2, -0.15) is 0 Å². The second-order valence-electron chi connectivity index (χ2n) is 6.40. The van der Waals surface area contributed by atoms with E-state index in [-0.39, 0.29) is 23.4 Å². The summed E-state index contributed by atoms with van der Waals surface area (Å²) in [5.74, 6) is -1.76. The summed E-state index contributed by atoms with van der Waals surface area (Å²) in [7, 11) is 0. The van der Waals surface area contributed by atoms with Crippen molar-refractivity contribution < 1.29 is 17.9 Å². The fraction of sp³-hybridized carbons (Fsp3) is 0.136. The summed E-state index contributed by atoms with van der Waals surface area (Å²) in [6, 6.07) is 17.1. The third-order valence-electron chi connectivity index (χ3n) is 4.61. The summed E-state index contributed by atoms with van der Waals surface area (Å²) in [5.41, 5.74) is 1.83. The molecule has 0 N–H and O–H groups in total. The van der Waals surface area contributed by atoms with Gasteiger partial charge in [-0.25, -0.2) is 18.2 Å². The lowest BCUT2D eigenvalue weighted by atomic mass is 9.99. The van der Waals surface area contributed by atoms with Crippen LogP contribution in [0.15, 0.2) is 71.7 Å². The summed E-state index contributed by atoms with van der Waals surface area (Å²) < 4.78 is 47.6. The molecule has 3 aromatic rings. The van der Waals surface area contributed by atoms with Gasteiger partial charge in [0.15, 0.2) is 0 Å². The Balaban J connectivity index is 1.66. The Morgan fingerprint density at radius 2 is 1.41 bits per heavy atom. The second-order valence-corrected chi connectivity index (χ2v) is 6.40. The van der Waals surface area contributed by atoms with Crippen LogP contribution in [0.4, 0.5) is 13.2 Å². The Morgan fingerprint density at radius 3 is 2.07 bits per heavy atom. The molecule has 0 amide bonds. The van der Waals surface area contributed by atoms with E-state index in [0.717, 1.165) is 11.1 Å². The van der Waals surface area contributed by atoms with Gasteiger partial charge in [0, 0.05) is 5.56 Å². The highest BCUT2D eigenvalue weighted by Crippen LogP contribution is 2.33. The van der Waals surface area contributed by atoms with Gasteiger partial charge in [-0.1, -0.05) is 48.5 Å². The maximum Gasteiger partial charge on any atom is 0.223 e. The van der Waals surface area contributed by atoms with Gasteiger partial charge in [0.25, 0.3) is 0 Å². The van der Waals surface area contributed by atoms with Gasteiger partial charge < -0.3 is 4.74 Å². The number of nitrogens with zero attached hydrogens (tertiary/aromatic N) is 1. The average molecular weight is 367 g/mol. The predicted molar refractivity (Wildman–Crippen MR) is 98.0 cm³/mol. The average Bonchev–Trinajstić information content (AvgIpc) is 3.03. The van der Waals surface area contributed by atoms with Crippen LogP contribution in [0.5, 0.6) is 0 Å². The fourth-order valence-corrected chi connectivity index (χ4v) is 3.23. The van der Waals surface area contributed by atoms with Crippen LogP contribution in [0.25, 0.3) is 11.1 Å². The monoisotopic (exact) mass is 367 g/mol. The Morgan fingerprint density at radius 1 is 0.778 bits per heavy atom. The lowest BCUT2D eigenvalue weighted by Crippen LogP contribution is -2.14. The van der Waals surface area contributed by atoms with Crippen molar-refractivity contribution in [3.8, 4) is 11.1 Å². The molecule has 1 aliphatic rings. The highest BCUT2D eigenvalue weighted by Gasteiger charge is 2.32. The zero-order valence-corrected chi connectivity index (χ0v) is 14.5. The molecule has 2 atom stereocenters. The summed E-state index contributed by atoms with van der Waals surface area (Å²) >= 11 is 0. The Hall–Kier alpha value is -3.08. The second kappa shape index (κ2) is 6.91. The van der Waals surface area contributed by atoms with Crippen LogP contribution in [0.2, 0.25) is 0 Å². The number of halogens is 3. The van der Waals surface area contributed by atoms with Gasteiger partial charge in [0.2, 0.25) is 5.90 Å². The first-order valence-corrected chi connectivity index (χ1v) is 8.58. The molecule has 0 radical (unpaired) electrons. The van der Waals surface area contributed by atoms with Gasteiger partial charge >= 0.3 is 0 Å². The van der Waals surface area contributed by atoms with Crippen LogP contribution in [0, 0.1) is 17.5 Å². The fourth-order valence-electron chi connectivity index (χ4n) is 3.23. The minimum Gasteiger partial charge on any atom is -0.472 e. The maximum absolute atomic E-state index is 14.0. The van der Waals surface area contributed by atoms with Crippen molar-refractivity contribution >= 4 is 5.90 Å². The molecule has 136 valence electrons. The Kier molecular flexibility index (Phi) is 4.44. The predicted octanol–water partition coefficient (Wildman–Crippen LogP) is 5.68. The molecule has 2 unspecified atom stereocenters. The highest BCUT2D eigenvalue weighted by atomic mass is 19.1. The van der Waals surface area contributed by atoms with E-state index in [9.17, 15) is 13.2 Å². The van der Waals surface area contributed by atoms with Gasteiger partial charge in [0.1, 0.15) is 35.2 Å². The minimum absolute atomic E-state index is 0.0405. The molecular weight excluding hydrogens is 351 g/mol. The molecular formula is C22H16F3NO. The zero-order chi connectivity index (χ0) is 19.0. The molecule has 0 spiro atoms. The highest BCUT2D eigenvalue weighted by molar-refractivity contribution is 5.96. The molecule has 5 heteroatoms. The molecule has 4 rings (SSSR count). The smallest absolute Gasteiger partial charge is 0.223 e. The minimum atomic E-state index is -0.712. The molecule has 0 fully saturated rings. The number of ether oxygens (including phenoxy) is 1. The standard InChI is InChI=1S/C22H16F3NO/c1-13-21(26-22(27-13)20-18(24)7-4-8-19(20)25)15-11-9-14(10-12-15)16-5-2-3-6-17(16)23/h2-13,21H,1H3. The summed E-state index contributed by atoms with van der Waals surface area (Å²) in [4.78, 5) is 4.39. The summed E-state index contributed by atoms with van der Waals surface area (Å²) in [6.45, 7) is 1.80.